The van der Waals surface area contributed by atoms with Gasteiger partial charge in [-0.3, -0.25) is 0 Å². The maximum atomic E-state index is 12.9. The maximum absolute atomic E-state index is 12.9. The van der Waals surface area contributed by atoms with E-state index in [1.54, 1.807) is 0 Å². The Bertz CT molecular complexity index is 246. The number of rotatable bonds is 1. The van der Waals surface area contributed by atoms with E-state index in [2.05, 4.69) is 0 Å². The Morgan fingerprint density at radius 2 is 1.27 bits per heavy atom. The summed E-state index contributed by atoms with van der Waals surface area (Å²) < 4.78 is 51.1. The Morgan fingerprint density at radius 1 is 0.800 bits per heavy atom. The zero-order valence-corrected chi connectivity index (χ0v) is 8.41. The molecule has 0 spiro atoms. The van der Waals surface area contributed by atoms with Gasteiger partial charge in [0.2, 0.25) is 11.8 Å². The molecule has 0 aromatic heterocycles. The summed E-state index contributed by atoms with van der Waals surface area (Å²) in [4.78, 5) is 0. The van der Waals surface area contributed by atoms with Gasteiger partial charge in [-0.05, 0) is 18.8 Å². The first kappa shape index (κ1) is 11.2. The minimum Gasteiger partial charge on any atom is -0.325 e. The van der Waals surface area contributed by atoms with Gasteiger partial charge in [0.15, 0.2) is 0 Å². The van der Waals surface area contributed by atoms with Gasteiger partial charge in [-0.2, -0.15) is 0 Å². The maximum Gasteiger partial charge on any atom is 0.248 e. The molecule has 2 fully saturated rings. The zero-order chi connectivity index (χ0) is 11.3. The van der Waals surface area contributed by atoms with E-state index in [4.69, 9.17) is 5.73 Å². The third-order valence-electron chi connectivity index (χ3n) is 3.82. The average molecular weight is 225 g/mol. The topological polar surface area (TPSA) is 26.0 Å². The van der Waals surface area contributed by atoms with Crippen LogP contribution in [0.1, 0.15) is 38.5 Å². The Morgan fingerprint density at radius 3 is 1.67 bits per heavy atom. The van der Waals surface area contributed by atoms with Gasteiger partial charge >= 0.3 is 0 Å². The van der Waals surface area contributed by atoms with E-state index in [-0.39, 0.29) is 44.4 Å². The van der Waals surface area contributed by atoms with Crippen molar-refractivity contribution < 1.29 is 17.6 Å². The molecule has 15 heavy (non-hydrogen) atoms. The monoisotopic (exact) mass is 225 g/mol. The molecule has 2 rings (SSSR count). The van der Waals surface area contributed by atoms with E-state index in [0.29, 0.717) is 0 Å². The quantitative estimate of drug-likeness (QED) is 0.682. The highest BCUT2D eigenvalue weighted by molar-refractivity contribution is 5.04. The highest BCUT2D eigenvalue weighted by Gasteiger charge is 2.55. The molecule has 2 N–H and O–H groups in total. The third kappa shape index (κ3) is 2.12. The molecule has 5 heteroatoms. The lowest BCUT2D eigenvalue weighted by molar-refractivity contribution is -0.147. The molecule has 0 amide bonds. The summed E-state index contributed by atoms with van der Waals surface area (Å²) in [7, 11) is 0. The summed E-state index contributed by atoms with van der Waals surface area (Å²) in [6.07, 6.45) is -0.636. The first-order chi connectivity index (χ1) is 6.73. The Hall–Kier alpha value is -0.320. The van der Waals surface area contributed by atoms with Crippen molar-refractivity contribution in [2.75, 3.05) is 0 Å². The van der Waals surface area contributed by atoms with Crippen LogP contribution < -0.4 is 5.73 Å². The molecule has 88 valence electrons. The number of alkyl halides is 4. The molecule has 0 atom stereocenters. The fourth-order valence-electron chi connectivity index (χ4n) is 2.56. The van der Waals surface area contributed by atoms with Crippen LogP contribution in [0.4, 0.5) is 17.6 Å². The number of hydrogen-bond donors (Lipinski definition) is 1. The van der Waals surface area contributed by atoms with Crippen molar-refractivity contribution in [3.05, 3.63) is 0 Å². The minimum absolute atomic E-state index is 0.167. The van der Waals surface area contributed by atoms with Gasteiger partial charge in [-0.1, -0.05) is 0 Å². The SMILES string of the molecule is NC1(C2CC(F)(F)C2)CCC(F)(F)CC1. The molecule has 0 heterocycles. The lowest BCUT2D eigenvalue weighted by atomic mass is 9.63. The molecule has 0 aromatic rings. The van der Waals surface area contributed by atoms with Crippen molar-refractivity contribution in [2.24, 2.45) is 11.7 Å². The summed E-state index contributed by atoms with van der Waals surface area (Å²) in [5.74, 6) is -5.53. The fourth-order valence-corrected chi connectivity index (χ4v) is 2.56. The van der Waals surface area contributed by atoms with Crippen LogP contribution in [0.5, 0.6) is 0 Å². The average Bonchev–Trinajstić information content (AvgIpc) is 2.07. The van der Waals surface area contributed by atoms with E-state index < -0.39 is 17.4 Å². The molecule has 0 bridgehead atoms. The van der Waals surface area contributed by atoms with Gasteiger partial charge in [0.05, 0.1) is 0 Å². The van der Waals surface area contributed by atoms with E-state index in [0.717, 1.165) is 0 Å². The number of hydrogen-bond acceptors (Lipinski definition) is 1. The van der Waals surface area contributed by atoms with E-state index in [9.17, 15) is 17.6 Å². The standard InChI is InChI=1S/C10H15F4N/c11-9(12)3-1-8(15,2-4-9)7-5-10(13,14)6-7/h7H,1-6,15H2. The molecular formula is C10H15F4N. The lowest BCUT2D eigenvalue weighted by Gasteiger charge is -2.49. The highest BCUT2D eigenvalue weighted by Crippen LogP contribution is 2.52. The third-order valence-corrected chi connectivity index (χ3v) is 3.82. The second-order valence-corrected chi connectivity index (χ2v) is 5.05. The largest absolute Gasteiger partial charge is 0.325 e. The van der Waals surface area contributed by atoms with Gasteiger partial charge in [0.25, 0.3) is 0 Å². The highest BCUT2D eigenvalue weighted by atomic mass is 19.3. The molecule has 1 nitrogen and oxygen atoms in total. The molecule has 2 saturated carbocycles. The van der Waals surface area contributed by atoms with Crippen molar-refractivity contribution >= 4 is 0 Å². The summed E-state index contributed by atoms with van der Waals surface area (Å²) in [5, 5.41) is 0. The van der Waals surface area contributed by atoms with Crippen molar-refractivity contribution in [2.45, 2.75) is 55.9 Å². The normalized spacial score (nSPS) is 33.4. The van der Waals surface area contributed by atoms with Crippen LogP contribution in [-0.2, 0) is 0 Å². The number of halogens is 4. The van der Waals surface area contributed by atoms with Gasteiger partial charge in [-0.15, -0.1) is 0 Å². The van der Waals surface area contributed by atoms with Gasteiger partial charge in [0, 0.05) is 31.2 Å². The van der Waals surface area contributed by atoms with E-state index in [1.165, 1.54) is 0 Å². The van der Waals surface area contributed by atoms with Gasteiger partial charge in [-0.25, -0.2) is 17.6 Å². The van der Waals surface area contributed by atoms with Crippen molar-refractivity contribution in [1.82, 2.24) is 0 Å². The Labute approximate surface area is 86.0 Å². The van der Waals surface area contributed by atoms with Crippen LogP contribution in [0.3, 0.4) is 0 Å². The molecule has 0 saturated heterocycles. The molecule has 0 aliphatic heterocycles. The summed E-state index contributed by atoms with van der Waals surface area (Å²) in [5.41, 5.74) is 5.17. The summed E-state index contributed by atoms with van der Waals surface area (Å²) in [6, 6.07) is 0. The van der Waals surface area contributed by atoms with Crippen LogP contribution in [0.25, 0.3) is 0 Å². The van der Waals surface area contributed by atoms with Crippen LogP contribution in [-0.4, -0.2) is 17.4 Å². The fraction of sp³-hybridized carbons (Fsp3) is 1.00. The predicted octanol–water partition coefficient (Wildman–Crippen LogP) is 2.94. The van der Waals surface area contributed by atoms with Gasteiger partial charge in [0.1, 0.15) is 0 Å². The van der Waals surface area contributed by atoms with Crippen molar-refractivity contribution in [3.63, 3.8) is 0 Å². The van der Waals surface area contributed by atoms with Crippen LogP contribution >= 0.6 is 0 Å². The number of nitrogens with two attached hydrogens (primary N) is 1. The molecule has 0 unspecified atom stereocenters. The Kier molecular flexibility index (Phi) is 2.30. The molecule has 0 radical (unpaired) electrons. The lowest BCUT2D eigenvalue weighted by Crippen LogP contribution is -2.58. The predicted molar refractivity (Wildman–Crippen MR) is 48.0 cm³/mol. The second-order valence-electron chi connectivity index (χ2n) is 5.05. The van der Waals surface area contributed by atoms with E-state index in [1.807, 2.05) is 0 Å². The molecular weight excluding hydrogens is 210 g/mol. The summed E-state index contributed by atoms with van der Waals surface area (Å²) >= 11 is 0. The minimum atomic E-state index is -2.64. The smallest absolute Gasteiger partial charge is 0.248 e. The van der Waals surface area contributed by atoms with Crippen LogP contribution in [0.2, 0.25) is 0 Å². The van der Waals surface area contributed by atoms with Crippen LogP contribution in [0, 0.1) is 5.92 Å². The zero-order valence-electron chi connectivity index (χ0n) is 8.41. The first-order valence-corrected chi connectivity index (χ1v) is 5.27. The summed E-state index contributed by atoms with van der Waals surface area (Å²) in [6.45, 7) is 0. The first-order valence-electron chi connectivity index (χ1n) is 5.27. The molecule has 2 aliphatic carbocycles. The van der Waals surface area contributed by atoms with Gasteiger partial charge < -0.3 is 5.73 Å². The Balaban J connectivity index is 1.93. The molecule has 0 aromatic carbocycles. The second kappa shape index (κ2) is 3.09. The van der Waals surface area contributed by atoms with Crippen molar-refractivity contribution in [1.29, 1.82) is 0 Å². The van der Waals surface area contributed by atoms with E-state index >= 15 is 0 Å². The molecule has 2 aliphatic rings. The van der Waals surface area contributed by atoms with Crippen LogP contribution in [0.15, 0.2) is 0 Å². The van der Waals surface area contributed by atoms with Crippen molar-refractivity contribution in [3.8, 4) is 0 Å².